The molecule has 1 fully saturated rings. The highest BCUT2D eigenvalue weighted by Crippen LogP contribution is 2.48. The first-order chi connectivity index (χ1) is 11.3. The number of likely N-dealkylation sites (tertiary alicyclic amines) is 1. The third-order valence-electron chi connectivity index (χ3n) is 4.84. The molecule has 0 unspecified atom stereocenters. The molecule has 2 aliphatic heterocycles. The van der Waals surface area contributed by atoms with Crippen molar-refractivity contribution < 1.29 is 18.7 Å². The monoisotopic (exact) mass is 336 g/mol. The molecule has 2 heterocycles. The Bertz CT molecular complexity index is 646. The fourth-order valence-electron chi connectivity index (χ4n) is 3.64. The minimum atomic E-state index is -0.507. The lowest BCUT2D eigenvalue weighted by molar-refractivity contribution is 0.0171. The van der Waals surface area contributed by atoms with E-state index in [-0.39, 0.29) is 17.3 Å². The van der Waals surface area contributed by atoms with Gasteiger partial charge in [-0.2, -0.15) is 0 Å². The van der Waals surface area contributed by atoms with E-state index < -0.39 is 5.60 Å². The minimum Gasteiger partial charge on any atom is -0.495 e. The molecule has 5 nitrogen and oxygen atoms in total. The summed E-state index contributed by atoms with van der Waals surface area (Å²) in [6.45, 7) is 7.36. The molecule has 0 aliphatic carbocycles. The summed E-state index contributed by atoms with van der Waals surface area (Å²) in [5.41, 5.74) is 0.661. The molecular weight excluding hydrogens is 311 g/mol. The van der Waals surface area contributed by atoms with Crippen LogP contribution in [0.5, 0.6) is 5.75 Å². The first kappa shape index (κ1) is 16.9. The fraction of sp³-hybridized carbons (Fsp3) is 0.611. The lowest BCUT2D eigenvalue weighted by Crippen LogP contribution is -2.47. The lowest BCUT2D eigenvalue weighted by atomic mass is 9.74. The van der Waals surface area contributed by atoms with Gasteiger partial charge < -0.3 is 19.7 Å². The predicted molar refractivity (Wildman–Crippen MR) is 90.2 cm³/mol. The van der Waals surface area contributed by atoms with Crippen LogP contribution in [0.4, 0.5) is 14.9 Å². The molecule has 1 aromatic rings. The van der Waals surface area contributed by atoms with Crippen molar-refractivity contribution in [1.82, 2.24) is 4.90 Å². The highest BCUT2D eigenvalue weighted by atomic mass is 19.1. The maximum atomic E-state index is 14.5. The number of halogens is 1. The van der Waals surface area contributed by atoms with Crippen LogP contribution >= 0.6 is 0 Å². The van der Waals surface area contributed by atoms with Crippen LogP contribution in [0, 0.1) is 5.82 Å². The summed E-state index contributed by atoms with van der Waals surface area (Å²) in [7, 11) is 1.59. The van der Waals surface area contributed by atoms with E-state index in [4.69, 9.17) is 9.47 Å². The average molecular weight is 336 g/mol. The Labute approximate surface area is 142 Å². The topological polar surface area (TPSA) is 50.8 Å². The molecule has 1 saturated heterocycles. The Morgan fingerprint density at radius 3 is 2.54 bits per heavy atom. The zero-order valence-corrected chi connectivity index (χ0v) is 14.7. The number of benzene rings is 1. The van der Waals surface area contributed by atoms with Crippen molar-refractivity contribution in [1.29, 1.82) is 0 Å². The van der Waals surface area contributed by atoms with E-state index >= 15 is 0 Å². The summed E-state index contributed by atoms with van der Waals surface area (Å²) in [6, 6.07) is 3.11. The number of nitrogens with one attached hydrogen (secondary N) is 1. The van der Waals surface area contributed by atoms with E-state index in [9.17, 15) is 9.18 Å². The second kappa shape index (κ2) is 5.83. The van der Waals surface area contributed by atoms with Crippen LogP contribution in [0.15, 0.2) is 12.1 Å². The summed E-state index contributed by atoms with van der Waals surface area (Å²) >= 11 is 0. The number of hydrogen-bond donors (Lipinski definition) is 1. The van der Waals surface area contributed by atoms with Crippen molar-refractivity contribution in [3.63, 3.8) is 0 Å². The number of fused-ring (bicyclic) bond motifs is 2. The summed E-state index contributed by atoms with van der Waals surface area (Å²) in [5, 5.41) is 3.30. The number of nitrogens with zero attached hydrogens (tertiary/aromatic N) is 1. The van der Waals surface area contributed by atoms with Crippen LogP contribution < -0.4 is 10.1 Å². The van der Waals surface area contributed by atoms with Gasteiger partial charge in [0.2, 0.25) is 0 Å². The summed E-state index contributed by atoms with van der Waals surface area (Å²) in [5.74, 6) is 0.458. The standard InChI is InChI=1S/C18H25FN2O3/c1-17(2,3)24-16(22)21-9-7-18(8-10-21)11-20-15-13(23-4)6-5-12(19)14(15)18/h5-6,20H,7-11H2,1-4H3. The number of hydrogen-bond acceptors (Lipinski definition) is 4. The lowest BCUT2D eigenvalue weighted by Gasteiger charge is -2.39. The molecule has 132 valence electrons. The average Bonchev–Trinajstić information content (AvgIpc) is 2.87. The molecule has 0 bridgehead atoms. The van der Waals surface area contributed by atoms with Crippen molar-refractivity contribution in [2.45, 2.75) is 44.6 Å². The smallest absolute Gasteiger partial charge is 0.410 e. The maximum absolute atomic E-state index is 14.5. The molecule has 6 heteroatoms. The molecule has 1 spiro atoms. The van der Waals surface area contributed by atoms with Crippen molar-refractivity contribution in [2.24, 2.45) is 0 Å². The molecule has 3 rings (SSSR count). The van der Waals surface area contributed by atoms with Crippen molar-refractivity contribution >= 4 is 11.8 Å². The van der Waals surface area contributed by atoms with E-state index in [1.54, 1.807) is 18.1 Å². The van der Waals surface area contributed by atoms with E-state index in [1.807, 2.05) is 20.8 Å². The van der Waals surface area contributed by atoms with Crippen molar-refractivity contribution in [3.05, 3.63) is 23.5 Å². The molecule has 2 aliphatic rings. The van der Waals surface area contributed by atoms with Gasteiger partial charge in [-0.25, -0.2) is 9.18 Å². The molecule has 1 amide bonds. The highest BCUT2D eigenvalue weighted by molar-refractivity contribution is 5.71. The number of carbonyl (C=O) groups excluding carboxylic acids is 1. The van der Waals surface area contributed by atoms with Crippen molar-refractivity contribution in [2.75, 3.05) is 32.1 Å². The molecule has 1 aromatic carbocycles. The number of ether oxygens (including phenoxy) is 2. The molecular formula is C18H25FN2O3. The Morgan fingerprint density at radius 1 is 1.29 bits per heavy atom. The van der Waals surface area contributed by atoms with E-state index in [0.717, 1.165) is 5.69 Å². The van der Waals surface area contributed by atoms with Crippen LogP contribution in [-0.4, -0.2) is 43.3 Å². The molecule has 0 aromatic heterocycles. The number of piperidine rings is 1. The highest BCUT2D eigenvalue weighted by Gasteiger charge is 2.45. The Balaban J connectivity index is 1.78. The van der Waals surface area contributed by atoms with Crippen LogP contribution in [-0.2, 0) is 10.2 Å². The quantitative estimate of drug-likeness (QED) is 0.852. The van der Waals surface area contributed by atoms with Gasteiger partial charge in [-0.05, 0) is 45.7 Å². The van der Waals surface area contributed by atoms with Gasteiger partial charge in [0.25, 0.3) is 0 Å². The third-order valence-corrected chi connectivity index (χ3v) is 4.84. The van der Waals surface area contributed by atoms with Crippen LogP contribution in [0.3, 0.4) is 0 Å². The van der Waals surface area contributed by atoms with Gasteiger partial charge in [-0.3, -0.25) is 0 Å². The molecule has 24 heavy (non-hydrogen) atoms. The number of amides is 1. The SMILES string of the molecule is COc1ccc(F)c2c1NCC21CCN(C(=O)OC(C)(C)C)CC1. The van der Waals surface area contributed by atoms with Gasteiger partial charge in [0.15, 0.2) is 0 Å². The Kier molecular flexibility index (Phi) is 4.10. The molecule has 1 N–H and O–H groups in total. The first-order valence-electron chi connectivity index (χ1n) is 8.34. The number of methoxy groups -OCH3 is 1. The van der Waals surface area contributed by atoms with Gasteiger partial charge in [-0.15, -0.1) is 0 Å². The van der Waals surface area contributed by atoms with E-state index in [1.165, 1.54) is 6.07 Å². The zero-order chi connectivity index (χ0) is 17.5. The van der Waals surface area contributed by atoms with Gasteiger partial charge in [0, 0.05) is 30.6 Å². The normalized spacial score (nSPS) is 19.0. The van der Waals surface area contributed by atoms with E-state index in [2.05, 4.69) is 5.32 Å². The van der Waals surface area contributed by atoms with Gasteiger partial charge in [0.05, 0.1) is 12.8 Å². The predicted octanol–water partition coefficient (Wildman–Crippen LogP) is 3.53. The number of carbonyl (C=O) groups is 1. The van der Waals surface area contributed by atoms with Crippen LogP contribution in [0.2, 0.25) is 0 Å². The summed E-state index contributed by atoms with van der Waals surface area (Å²) in [4.78, 5) is 13.9. The zero-order valence-electron chi connectivity index (χ0n) is 14.7. The van der Waals surface area contributed by atoms with Gasteiger partial charge >= 0.3 is 6.09 Å². The third kappa shape index (κ3) is 2.89. The van der Waals surface area contributed by atoms with Gasteiger partial charge in [-0.1, -0.05) is 0 Å². The summed E-state index contributed by atoms with van der Waals surface area (Å²) in [6.07, 6.45) is 1.11. The minimum absolute atomic E-state index is 0.207. The summed E-state index contributed by atoms with van der Waals surface area (Å²) < 4.78 is 25.3. The first-order valence-corrected chi connectivity index (χ1v) is 8.34. The van der Waals surface area contributed by atoms with Crippen LogP contribution in [0.25, 0.3) is 0 Å². The van der Waals surface area contributed by atoms with Crippen LogP contribution in [0.1, 0.15) is 39.2 Å². The fourth-order valence-corrected chi connectivity index (χ4v) is 3.64. The van der Waals surface area contributed by atoms with E-state index in [0.29, 0.717) is 43.8 Å². The van der Waals surface area contributed by atoms with Crippen molar-refractivity contribution in [3.8, 4) is 5.75 Å². The maximum Gasteiger partial charge on any atom is 0.410 e. The second-order valence-electron chi connectivity index (χ2n) is 7.60. The number of rotatable bonds is 1. The molecule has 0 saturated carbocycles. The molecule has 0 atom stereocenters. The largest absolute Gasteiger partial charge is 0.495 e. The Hall–Kier alpha value is -1.98. The van der Waals surface area contributed by atoms with Gasteiger partial charge in [0.1, 0.15) is 17.2 Å². The molecule has 0 radical (unpaired) electrons. The number of anilines is 1. The Morgan fingerprint density at radius 2 is 1.96 bits per heavy atom. The second-order valence-corrected chi connectivity index (χ2v) is 7.60.